The van der Waals surface area contributed by atoms with Crippen molar-refractivity contribution >= 4 is 22.5 Å². The summed E-state index contributed by atoms with van der Waals surface area (Å²) >= 11 is 0. The average molecular weight is 278 g/mol. The predicted octanol–water partition coefficient (Wildman–Crippen LogP) is 3.41. The van der Waals surface area contributed by atoms with Crippen molar-refractivity contribution in [2.45, 2.75) is 12.8 Å². The molecule has 3 rings (SSSR count). The number of para-hydroxylation sites is 1. The monoisotopic (exact) mass is 278 g/mol. The van der Waals surface area contributed by atoms with Crippen molar-refractivity contribution in [3.8, 4) is 0 Å². The third kappa shape index (κ3) is 2.74. The van der Waals surface area contributed by atoms with Crippen LogP contribution in [0, 0.1) is 0 Å². The van der Waals surface area contributed by atoms with Gasteiger partial charge in [-0.3, -0.25) is 14.6 Å². The molecule has 1 aromatic carbocycles. The minimum absolute atomic E-state index is 0.0308. The SMILES string of the molecule is O=C(CCC(=O)c1c[nH]c2ccccc12)c1ccccn1. The minimum atomic E-state index is -0.108. The van der Waals surface area contributed by atoms with E-state index in [-0.39, 0.29) is 24.4 Å². The van der Waals surface area contributed by atoms with Gasteiger partial charge in [-0.25, -0.2) is 0 Å². The molecule has 0 spiro atoms. The number of aromatic amines is 1. The zero-order chi connectivity index (χ0) is 14.7. The van der Waals surface area contributed by atoms with E-state index in [1.165, 1.54) is 0 Å². The molecule has 0 saturated heterocycles. The standard InChI is InChI=1S/C17H14N2O2/c20-16(8-9-17(21)15-7-3-4-10-18-15)13-11-19-14-6-2-1-5-12(13)14/h1-7,10-11,19H,8-9H2. The molecule has 0 amide bonds. The number of hydrogen-bond donors (Lipinski definition) is 1. The Kier molecular flexibility index (Phi) is 3.60. The van der Waals surface area contributed by atoms with Crippen LogP contribution in [0.3, 0.4) is 0 Å². The number of hydrogen-bond acceptors (Lipinski definition) is 3. The van der Waals surface area contributed by atoms with Crippen LogP contribution < -0.4 is 0 Å². The topological polar surface area (TPSA) is 62.8 Å². The van der Waals surface area contributed by atoms with Gasteiger partial charge in [-0.15, -0.1) is 0 Å². The van der Waals surface area contributed by atoms with Gasteiger partial charge in [0.25, 0.3) is 0 Å². The van der Waals surface area contributed by atoms with E-state index in [0.717, 1.165) is 10.9 Å². The predicted molar refractivity (Wildman–Crippen MR) is 80.4 cm³/mol. The summed E-state index contributed by atoms with van der Waals surface area (Å²) in [6.07, 6.45) is 3.65. The molecule has 3 aromatic rings. The summed E-state index contributed by atoms with van der Waals surface area (Å²) < 4.78 is 0. The quantitative estimate of drug-likeness (QED) is 0.727. The van der Waals surface area contributed by atoms with E-state index in [1.807, 2.05) is 24.3 Å². The van der Waals surface area contributed by atoms with Crippen molar-refractivity contribution in [2.75, 3.05) is 0 Å². The molecular weight excluding hydrogens is 264 g/mol. The largest absolute Gasteiger partial charge is 0.360 e. The second kappa shape index (κ2) is 5.71. The van der Waals surface area contributed by atoms with Crippen LogP contribution in [0.4, 0.5) is 0 Å². The van der Waals surface area contributed by atoms with E-state index in [9.17, 15) is 9.59 Å². The Morgan fingerprint density at radius 3 is 2.52 bits per heavy atom. The van der Waals surface area contributed by atoms with E-state index < -0.39 is 0 Å². The second-order valence-electron chi connectivity index (χ2n) is 4.81. The van der Waals surface area contributed by atoms with Gasteiger partial charge in [0.1, 0.15) is 5.69 Å². The maximum atomic E-state index is 12.3. The summed E-state index contributed by atoms with van der Waals surface area (Å²) in [4.78, 5) is 31.3. The van der Waals surface area contributed by atoms with Crippen LogP contribution in [0.2, 0.25) is 0 Å². The molecule has 21 heavy (non-hydrogen) atoms. The van der Waals surface area contributed by atoms with Gasteiger partial charge in [-0.05, 0) is 18.2 Å². The molecule has 0 bridgehead atoms. The molecule has 0 atom stereocenters. The summed E-state index contributed by atoms with van der Waals surface area (Å²) in [5, 5.41) is 0.896. The molecule has 0 radical (unpaired) electrons. The normalized spacial score (nSPS) is 10.7. The lowest BCUT2D eigenvalue weighted by Crippen LogP contribution is -2.06. The summed E-state index contributed by atoms with van der Waals surface area (Å²) in [5.74, 6) is -0.138. The molecule has 2 heterocycles. The fourth-order valence-corrected chi connectivity index (χ4v) is 2.32. The van der Waals surface area contributed by atoms with Crippen molar-refractivity contribution in [3.63, 3.8) is 0 Å². The number of rotatable bonds is 5. The molecule has 4 nitrogen and oxygen atoms in total. The van der Waals surface area contributed by atoms with Crippen LogP contribution in [0.15, 0.2) is 54.9 Å². The van der Waals surface area contributed by atoms with E-state index in [1.54, 1.807) is 30.6 Å². The number of Topliss-reactive ketones (excluding diaryl/α,β-unsaturated/α-hetero) is 2. The first kappa shape index (κ1) is 13.2. The zero-order valence-corrected chi connectivity index (χ0v) is 11.4. The van der Waals surface area contributed by atoms with Crippen LogP contribution in [-0.4, -0.2) is 21.5 Å². The van der Waals surface area contributed by atoms with Crippen LogP contribution in [0.1, 0.15) is 33.7 Å². The molecule has 4 heteroatoms. The van der Waals surface area contributed by atoms with E-state index in [0.29, 0.717) is 11.3 Å². The maximum absolute atomic E-state index is 12.3. The highest BCUT2D eigenvalue weighted by molar-refractivity contribution is 6.09. The van der Waals surface area contributed by atoms with Gasteiger partial charge in [-0.1, -0.05) is 24.3 Å². The van der Waals surface area contributed by atoms with Crippen molar-refractivity contribution in [1.29, 1.82) is 0 Å². The first-order chi connectivity index (χ1) is 10.3. The number of fused-ring (bicyclic) bond motifs is 1. The molecule has 0 saturated carbocycles. The Morgan fingerprint density at radius 2 is 1.71 bits per heavy atom. The number of carbonyl (C=O) groups is 2. The van der Waals surface area contributed by atoms with Gasteiger partial charge in [0.2, 0.25) is 0 Å². The highest BCUT2D eigenvalue weighted by atomic mass is 16.1. The molecule has 0 aliphatic rings. The van der Waals surface area contributed by atoms with Gasteiger partial charge in [0.15, 0.2) is 11.6 Å². The number of pyridine rings is 1. The van der Waals surface area contributed by atoms with Gasteiger partial charge >= 0.3 is 0 Å². The van der Waals surface area contributed by atoms with Gasteiger partial charge < -0.3 is 4.98 Å². The minimum Gasteiger partial charge on any atom is -0.360 e. The van der Waals surface area contributed by atoms with Crippen molar-refractivity contribution in [2.24, 2.45) is 0 Å². The van der Waals surface area contributed by atoms with Crippen molar-refractivity contribution in [1.82, 2.24) is 9.97 Å². The van der Waals surface area contributed by atoms with Crippen LogP contribution in [0.5, 0.6) is 0 Å². The van der Waals surface area contributed by atoms with Crippen LogP contribution >= 0.6 is 0 Å². The fourth-order valence-electron chi connectivity index (χ4n) is 2.32. The molecule has 0 aliphatic heterocycles. The van der Waals surface area contributed by atoms with Crippen LogP contribution in [-0.2, 0) is 0 Å². The third-order valence-electron chi connectivity index (χ3n) is 3.42. The molecule has 0 aliphatic carbocycles. The Labute approximate surface area is 121 Å². The second-order valence-corrected chi connectivity index (χ2v) is 4.81. The molecule has 2 aromatic heterocycles. The molecule has 104 valence electrons. The maximum Gasteiger partial charge on any atom is 0.181 e. The summed E-state index contributed by atoms with van der Waals surface area (Å²) in [6, 6.07) is 12.8. The Balaban J connectivity index is 1.71. The number of H-pyrrole nitrogens is 1. The molecule has 1 N–H and O–H groups in total. The first-order valence-electron chi connectivity index (χ1n) is 6.79. The van der Waals surface area contributed by atoms with E-state index in [4.69, 9.17) is 0 Å². The number of nitrogens with one attached hydrogen (secondary N) is 1. The third-order valence-corrected chi connectivity index (χ3v) is 3.42. The first-order valence-corrected chi connectivity index (χ1v) is 6.79. The number of carbonyl (C=O) groups excluding carboxylic acids is 2. The Morgan fingerprint density at radius 1 is 0.952 bits per heavy atom. The number of nitrogens with zero attached hydrogens (tertiary/aromatic N) is 1. The van der Waals surface area contributed by atoms with Crippen LogP contribution in [0.25, 0.3) is 10.9 Å². The fraction of sp³-hybridized carbons (Fsp3) is 0.118. The summed E-state index contributed by atoms with van der Waals surface area (Å²) in [7, 11) is 0. The van der Waals surface area contributed by atoms with E-state index in [2.05, 4.69) is 9.97 Å². The molecular formula is C17H14N2O2. The number of aromatic nitrogens is 2. The lowest BCUT2D eigenvalue weighted by molar-refractivity contribution is 0.0916. The van der Waals surface area contributed by atoms with Crippen molar-refractivity contribution < 1.29 is 9.59 Å². The summed E-state index contributed by atoms with van der Waals surface area (Å²) in [5.41, 5.74) is 1.97. The lowest BCUT2D eigenvalue weighted by atomic mass is 10.0. The zero-order valence-electron chi connectivity index (χ0n) is 11.4. The molecule has 0 fully saturated rings. The number of ketones is 2. The van der Waals surface area contributed by atoms with Gasteiger partial charge in [-0.2, -0.15) is 0 Å². The highest BCUT2D eigenvalue weighted by Gasteiger charge is 2.14. The summed E-state index contributed by atoms with van der Waals surface area (Å²) in [6.45, 7) is 0. The smallest absolute Gasteiger partial charge is 0.181 e. The Bertz CT molecular complexity index is 791. The lowest BCUT2D eigenvalue weighted by Gasteiger charge is -2.00. The Hall–Kier alpha value is -2.75. The highest BCUT2D eigenvalue weighted by Crippen LogP contribution is 2.19. The number of benzene rings is 1. The average Bonchev–Trinajstić information content (AvgIpc) is 2.97. The van der Waals surface area contributed by atoms with Gasteiger partial charge in [0.05, 0.1) is 0 Å². The van der Waals surface area contributed by atoms with Gasteiger partial charge in [0, 0.05) is 41.7 Å². The van der Waals surface area contributed by atoms with Crippen molar-refractivity contribution in [3.05, 3.63) is 66.1 Å². The molecule has 0 unspecified atom stereocenters. The van der Waals surface area contributed by atoms with E-state index >= 15 is 0 Å².